The van der Waals surface area contributed by atoms with E-state index in [0.717, 1.165) is 11.4 Å². The van der Waals surface area contributed by atoms with Crippen LogP contribution < -0.4 is 10.1 Å². The van der Waals surface area contributed by atoms with Crippen LogP contribution in [0.25, 0.3) is 5.69 Å². The molecule has 3 aromatic rings. The zero-order valence-electron chi connectivity index (χ0n) is 16.1. The van der Waals surface area contributed by atoms with Crippen LogP contribution in [0.3, 0.4) is 0 Å². The van der Waals surface area contributed by atoms with Crippen LogP contribution in [-0.2, 0) is 4.79 Å². The lowest BCUT2D eigenvalue weighted by atomic mass is 10.0. The van der Waals surface area contributed by atoms with Crippen molar-refractivity contribution in [3.8, 4) is 11.4 Å². The highest BCUT2D eigenvalue weighted by molar-refractivity contribution is 8.00. The predicted molar refractivity (Wildman–Crippen MR) is 109 cm³/mol. The molecule has 3 rings (SSSR count). The van der Waals surface area contributed by atoms with Crippen molar-refractivity contribution >= 4 is 17.7 Å². The highest BCUT2D eigenvalue weighted by atomic mass is 32.2. The fourth-order valence-electron chi connectivity index (χ4n) is 2.65. The van der Waals surface area contributed by atoms with Gasteiger partial charge in [0.15, 0.2) is 0 Å². The Balaban J connectivity index is 1.59. The van der Waals surface area contributed by atoms with Crippen molar-refractivity contribution < 1.29 is 9.53 Å². The lowest BCUT2D eigenvalue weighted by Gasteiger charge is -2.15. The van der Waals surface area contributed by atoms with Crippen LogP contribution in [0.2, 0.25) is 0 Å². The Labute approximate surface area is 168 Å². The van der Waals surface area contributed by atoms with Gasteiger partial charge in [0.1, 0.15) is 5.75 Å². The number of hydrogen-bond acceptors (Lipinski definition) is 6. The van der Waals surface area contributed by atoms with Crippen LogP contribution in [0.1, 0.15) is 25.3 Å². The number of hydrogen-bond donors (Lipinski definition) is 1. The first-order valence-corrected chi connectivity index (χ1v) is 9.88. The highest BCUT2D eigenvalue weighted by Gasteiger charge is 2.20. The molecule has 2 aromatic carbocycles. The number of nitrogens with zero attached hydrogens (tertiary/aromatic N) is 4. The van der Waals surface area contributed by atoms with Crippen LogP contribution in [0, 0.1) is 0 Å². The Morgan fingerprint density at radius 3 is 2.54 bits per heavy atom. The van der Waals surface area contributed by atoms with Gasteiger partial charge in [0.25, 0.3) is 0 Å². The van der Waals surface area contributed by atoms with Crippen molar-refractivity contribution in [1.29, 1.82) is 0 Å². The smallest absolute Gasteiger partial charge is 0.233 e. The molecule has 28 heavy (non-hydrogen) atoms. The zero-order valence-corrected chi connectivity index (χ0v) is 16.9. The summed E-state index contributed by atoms with van der Waals surface area (Å²) >= 11 is 1.32. The van der Waals surface area contributed by atoms with Crippen molar-refractivity contribution in [2.75, 3.05) is 13.7 Å². The summed E-state index contributed by atoms with van der Waals surface area (Å²) < 4.78 is 6.78. The summed E-state index contributed by atoms with van der Waals surface area (Å²) in [6, 6.07) is 17.5. The van der Waals surface area contributed by atoms with Crippen molar-refractivity contribution in [1.82, 2.24) is 25.5 Å². The molecule has 0 bridgehead atoms. The lowest BCUT2D eigenvalue weighted by Crippen LogP contribution is -2.33. The van der Waals surface area contributed by atoms with Gasteiger partial charge in [-0.2, -0.15) is 4.68 Å². The maximum absolute atomic E-state index is 12.5. The van der Waals surface area contributed by atoms with Crippen LogP contribution in [0.15, 0.2) is 59.8 Å². The van der Waals surface area contributed by atoms with E-state index in [2.05, 4.69) is 39.9 Å². The molecule has 0 saturated carbocycles. The predicted octanol–water partition coefficient (Wildman–Crippen LogP) is 3.07. The maximum atomic E-state index is 12.5. The third-order valence-corrected chi connectivity index (χ3v) is 5.39. The molecule has 146 valence electrons. The minimum atomic E-state index is -0.328. The molecule has 1 aromatic heterocycles. The number of methoxy groups -OCH3 is 1. The summed E-state index contributed by atoms with van der Waals surface area (Å²) in [5.74, 6) is 0.954. The number of amides is 1. The van der Waals surface area contributed by atoms with Crippen LogP contribution in [0.4, 0.5) is 0 Å². The summed E-state index contributed by atoms with van der Waals surface area (Å²) in [6.45, 7) is 4.52. The van der Waals surface area contributed by atoms with Gasteiger partial charge in [-0.15, -0.1) is 5.10 Å². The molecule has 0 fully saturated rings. The van der Waals surface area contributed by atoms with E-state index in [4.69, 9.17) is 4.74 Å². The van der Waals surface area contributed by atoms with Gasteiger partial charge in [-0.25, -0.2) is 0 Å². The Kier molecular flexibility index (Phi) is 6.65. The van der Waals surface area contributed by atoms with E-state index in [9.17, 15) is 4.79 Å². The Morgan fingerprint density at radius 1 is 1.14 bits per heavy atom. The molecular formula is C20H23N5O2S. The molecule has 1 amide bonds. The van der Waals surface area contributed by atoms with Crippen LogP contribution in [0.5, 0.6) is 5.75 Å². The number of tetrazole rings is 1. The van der Waals surface area contributed by atoms with Gasteiger partial charge < -0.3 is 10.1 Å². The summed E-state index contributed by atoms with van der Waals surface area (Å²) in [7, 11) is 1.62. The van der Waals surface area contributed by atoms with Crippen molar-refractivity contribution in [3.63, 3.8) is 0 Å². The molecule has 0 spiro atoms. The first-order chi connectivity index (χ1) is 13.6. The zero-order chi connectivity index (χ0) is 19.9. The van der Waals surface area contributed by atoms with E-state index in [1.54, 1.807) is 11.8 Å². The average Bonchev–Trinajstić information content (AvgIpc) is 3.20. The number of carbonyl (C=O) groups is 1. The first kappa shape index (κ1) is 19.9. The molecule has 0 saturated heterocycles. The first-order valence-electron chi connectivity index (χ1n) is 9.00. The average molecular weight is 398 g/mol. The largest absolute Gasteiger partial charge is 0.497 e. The topological polar surface area (TPSA) is 81.9 Å². The fourth-order valence-corrected chi connectivity index (χ4v) is 3.48. The summed E-state index contributed by atoms with van der Waals surface area (Å²) in [6.07, 6.45) is 0. The standard InChI is InChI=1S/C20H23N5O2S/c1-14(16-7-5-4-6-8-16)13-21-19(26)15(2)28-20-22-23-24-25(20)17-9-11-18(27-3)12-10-17/h4-12,14-15H,13H2,1-3H3,(H,21,26). The van der Waals surface area contributed by atoms with Crippen molar-refractivity contribution in [2.24, 2.45) is 0 Å². The van der Waals surface area contributed by atoms with Crippen LogP contribution in [-0.4, -0.2) is 45.0 Å². The summed E-state index contributed by atoms with van der Waals surface area (Å²) in [4.78, 5) is 12.5. The number of ether oxygens (including phenoxy) is 1. The van der Waals surface area contributed by atoms with E-state index in [0.29, 0.717) is 11.7 Å². The molecule has 0 radical (unpaired) electrons. The van der Waals surface area contributed by atoms with Gasteiger partial charge in [-0.1, -0.05) is 49.0 Å². The third-order valence-electron chi connectivity index (χ3n) is 4.36. The summed E-state index contributed by atoms with van der Waals surface area (Å²) in [5.41, 5.74) is 2.00. The Bertz CT molecular complexity index is 898. The minimum absolute atomic E-state index is 0.0444. The van der Waals surface area contributed by atoms with Gasteiger partial charge in [0.05, 0.1) is 18.0 Å². The number of nitrogens with one attached hydrogen (secondary N) is 1. The second kappa shape index (κ2) is 9.36. The number of rotatable bonds is 8. The van der Waals surface area contributed by atoms with E-state index in [1.807, 2.05) is 49.4 Å². The van der Waals surface area contributed by atoms with Gasteiger partial charge in [0, 0.05) is 6.54 Å². The number of carbonyl (C=O) groups excluding carboxylic acids is 1. The van der Waals surface area contributed by atoms with Gasteiger partial charge in [0.2, 0.25) is 11.1 Å². The molecule has 1 heterocycles. The Hall–Kier alpha value is -2.87. The van der Waals surface area contributed by atoms with E-state index < -0.39 is 0 Å². The lowest BCUT2D eigenvalue weighted by molar-refractivity contribution is -0.120. The SMILES string of the molecule is COc1ccc(-n2nnnc2SC(C)C(=O)NCC(C)c2ccccc2)cc1. The molecular weight excluding hydrogens is 374 g/mol. The molecule has 2 unspecified atom stereocenters. The van der Waals surface area contributed by atoms with Gasteiger partial charge in [-0.05, 0) is 53.1 Å². The molecule has 0 aliphatic heterocycles. The van der Waals surface area contributed by atoms with Gasteiger partial charge >= 0.3 is 0 Å². The van der Waals surface area contributed by atoms with Crippen molar-refractivity contribution in [3.05, 3.63) is 60.2 Å². The Morgan fingerprint density at radius 2 is 1.86 bits per heavy atom. The highest BCUT2D eigenvalue weighted by Crippen LogP contribution is 2.24. The normalized spacial score (nSPS) is 13.0. The second-order valence-corrected chi connectivity index (χ2v) is 7.70. The second-order valence-electron chi connectivity index (χ2n) is 6.39. The quantitative estimate of drug-likeness (QED) is 0.588. The monoisotopic (exact) mass is 397 g/mol. The van der Waals surface area contributed by atoms with E-state index in [1.165, 1.54) is 17.3 Å². The summed E-state index contributed by atoms with van der Waals surface area (Å²) in [5, 5.41) is 15.1. The molecule has 2 atom stereocenters. The minimum Gasteiger partial charge on any atom is -0.497 e. The fraction of sp³-hybridized carbons (Fsp3) is 0.300. The van der Waals surface area contributed by atoms with Crippen molar-refractivity contribution in [2.45, 2.75) is 30.2 Å². The number of thioether (sulfide) groups is 1. The van der Waals surface area contributed by atoms with E-state index in [-0.39, 0.29) is 17.1 Å². The van der Waals surface area contributed by atoms with Gasteiger partial charge in [-0.3, -0.25) is 4.79 Å². The van der Waals surface area contributed by atoms with E-state index >= 15 is 0 Å². The van der Waals surface area contributed by atoms with Crippen LogP contribution >= 0.6 is 11.8 Å². The number of benzene rings is 2. The molecule has 1 N–H and O–H groups in total. The molecule has 0 aliphatic carbocycles. The third kappa shape index (κ3) is 4.89. The molecule has 7 nitrogen and oxygen atoms in total. The molecule has 0 aliphatic rings. The number of aromatic nitrogens is 4. The molecule has 8 heteroatoms. The maximum Gasteiger partial charge on any atom is 0.233 e.